The molecule has 0 aliphatic rings. The van der Waals surface area contributed by atoms with Gasteiger partial charge in [0.25, 0.3) is 0 Å². The van der Waals surface area contributed by atoms with Gasteiger partial charge in [-0.3, -0.25) is 4.79 Å². The van der Waals surface area contributed by atoms with E-state index in [1.54, 1.807) is 0 Å². The Morgan fingerprint density at radius 2 is 2.11 bits per heavy atom. The van der Waals surface area contributed by atoms with Crippen molar-refractivity contribution in [2.75, 3.05) is 12.4 Å². The Hall–Kier alpha value is -1.16. The van der Waals surface area contributed by atoms with Crippen LogP contribution in [0, 0.1) is 13.8 Å². The maximum Gasteiger partial charge on any atom is 0.316 e. The summed E-state index contributed by atoms with van der Waals surface area (Å²) in [5.74, 6) is 0.983. The lowest BCUT2D eigenvalue weighted by molar-refractivity contribution is -0.136. The molecule has 1 rings (SSSR count). The van der Waals surface area contributed by atoms with Crippen LogP contribution in [0.5, 0.6) is 5.75 Å². The van der Waals surface area contributed by atoms with E-state index in [4.69, 9.17) is 9.84 Å². The number of carbonyl (C=O) groups is 1. The van der Waals surface area contributed by atoms with Crippen molar-refractivity contribution in [2.45, 2.75) is 38.9 Å². The summed E-state index contributed by atoms with van der Waals surface area (Å²) in [5.41, 5.74) is 2.49. The SMILES string of the molecule is CCC(SCCCOc1ccc(C)c(C)c1)C(=O)O. The molecule has 0 saturated heterocycles. The third-order valence-corrected chi connectivity index (χ3v) is 4.46. The topological polar surface area (TPSA) is 46.5 Å². The zero-order valence-corrected chi connectivity index (χ0v) is 12.6. The van der Waals surface area contributed by atoms with Gasteiger partial charge in [0, 0.05) is 0 Å². The number of hydrogen-bond donors (Lipinski definition) is 1. The van der Waals surface area contributed by atoms with Crippen LogP contribution in [0.2, 0.25) is 0 Å². The van der Waals surface area contributed by atoms with Gasteiger partial charge < -0.3 is 9.84 Å². The highest BCUT2D eigenvalue weighted by Crippen LogP contribution is 2.18. The average molecular weight is 282 g/mol. The third-order valence-electron chi connectivity index (χ3n) is 3.00. The molecule has 1 atom stereocenters. The first-order valence-electron chi connectivity index (χ1n) is 6.59. The van der Waals surface area contributed by atoms with E-state index in [0.29, 0.717) is 13.0 Å². The van der Waals surface area contributed by atoms with Gasteiger partial charge in [0.1, 0.15) is 11.0 Å². The minimum absolute atomic E-state index is 0.290. The predicted octanol–water partition coefficient (Wildman–Crippen LogP) is 3.67. The van der Waals surface area contributed by atoms with Crippen LogP contribution in [-0.2, 0) is 4.79 Å². The number of benzene rings is 1. The van der Waals surface area contributed by atoms with E-state index in [1.807, 2.05) is 19.1 Å². The van der Waals surface area contributed by atoms with Crippen molar-refractivity contribution in [2.24, 2.45) is 0 Å². The van der Waals surface area contributed by atoms with Crippen molar-refractivity contribution in [3.63, 3.8) is 0 Å². The number of thioether (sulfide) groups is 1. The van der Waals surface area contributed by atoms with Gasteiger partial charge in [-0.2, -0.15) is 0 Å². The number of ether oxygens (including phenoxy) is 1. The van der Waals surface area contributed by atoms with Gasteiger partial charge in [0.2, 0.25) is 0 Å². The Morgan fingerprint density at radius 1 is 1.37 bits per heavy atom. The maximum atomic E-state index is 10.8. The van der Waals surface area contributed by atoms with E-state index < -0.39 is 5.97 Å². The van der Waals surface area contributed by atoms with Crippen LogP contribution in [0.3, 0.4) is 0 Å². The van der Waals surface area contributed by atoms with Gasteiger partial charge in [-0.15, -0.1) is 11.8 Å². The lowest BCUT2D eigenvalue weighted by Crippen LogP contribution is -2.15. The molecular weight excluding hydrogens is 260 g/mol. The highest BCUT2D eigenvalue weighted by atomic mass is 32.2. The Balaban J connectivity index is 2.23. The fourth-order valence-electron chi connectivity index (χ4n) is 1.64. The average Bonchev–Trinajstić information content (AvgIpc) is 2.37. The normalized spacial score (nSPS) is 12.2. The highest BCUT2D eigenvalue weighted by Gasteiger charge is 2.14. The zero-order chi connectivity index (χ0) is 14.3. The molecule has 0 fully saturated rings. The Labute approximate surface area is 119 Å². The predicted molar refractivity (Wildman–Crippen MR) is 80.2 cm³/mol. The molecule has 4 heteroatoms. The summed E-state index contributed by atoms with van der Waals surface area (Å²) in [4.78, 5) is 10.8. The molecule has 0 bridgehead atoms. The number of carboxylic acids is 1. The molecule has 0 aliphatic heterocycles. The highest BCUT2D eigenvalue weighted by molar-refractivity contribution is 8.00. The van der Waals surface area contributed by atoms with E-state index in [1.165, 1.54) is 22.9 Å². The Kier molecular flexibility index (Phi) is 6.78. The van der Waals surface area contributed by atoms with E-state index in [2.05, 4.69) is 19.9 Å². The quantitative estimate of drug-likeness (QED) is 0.739. The fourth-order valence-corrected chi connectivity index (χ4v) is 2.59. The van der Waals surface area contributed by atoms with Crippen molar-refractivity contribution >= 4 is 17.7 Å². The number of hydrogen-bond acceptors (Lipinski definition) is 3. The van der Waals surface area contributed by atoms with Crippen molar-refractivity contribution in [3.05, 3.63) is 29.3 Å². The number of aryl methyl sites for hydroxylation is 2. The number of rotatable bonds is 8. The van der Waals surface area contributed by atoms with Gasteiger partial charge in [-0.25, -0.2) is 0 Å². The van der Waals surface area contributed by atoms with Crippen LogP contribution in [-0.4, -0.2) is 28.7 Å². The molecule has 19 heavy (non-hydrogen) atoms. The first-order valence-corrected chi connectivity index (χ1v) is 7.64. The molecule has 0 saturated carbocycles. The molecule has 0 radical (unpaired) electrons. The first-order chi connectivity index (χ1) is 9.04. The summed E-state index contributed by atoms with van der Waals surface area (Å²) in [6, 6.07) is 6.06. The van der Waals surface area contributed by atoms with E-state index in [0.717, 1.165) is 17.9 Å². The van der Waals surface area contributed by atoms with Crippen LogP contribution in [0.1, 0.15) is 30.9 Å². The number of carboxylic acid groups (broad SMARTS) is 1. The second-order valence-corrected chi connectivity index (χ2v) is 5.86. The zero-order valence-electron chi connectivity index (χ0n) is 11.8. The molecule has 0 aliphatic carbocycles. The molecule has 0 spiro atoms. The standard InChI is InChI=1S/C15H22O3S/c1-4-14(15(16)17)19-9-5-8-18-13-7-6-11(2)12(3)10-13/h6-7,10,14H,4-5,8-9H2,1-3H3,(H,16,17). The molecular formula is C15H22O3S. The molecule has 1 aromatic rings. The van der Waals surface area contributed by atoms with Gasteiger partial charge in [0.05, 0.1) is 6.61 Å². The molecule has 1 N–H and O–H groups in total. The van der Waals surface area contributed by atoms with E-state index >= 15 is 0 Å². The second kappa shape index (κ2) is 8.10. The lowest BCUT2D eigenvalue weighted by atomic mass is 10.1. The van der Waals surface area contributed by atoms with Crippen LogP contribution in [0.15, 0.2) is 18.2 Å². The minimum Gasteiger partial charge on any atom is -0.494 e. The van der Waals surface area contributed by atoms with Crippen molar-refractivity contribution in [1.82, 2.24) is 0 Å². The van der Waals surface area contributed by atoms with Crippen LogP contribution in [0.25, 0.3) is 0 Å². The third kappa shape index (κ3) is 5.55. The molecule has 1 aromatic carbocycles. The lowest BCUT2D eigenvalue weighted by Gasteiger charge is -2.10. The summed E-state index contributed by atoms with van der Waals surface area (Å²) >= 11 is 1.49. The van der Waals surface area contributed by atoms with Crippen LogP contribution >= 0.6 is 11.8 Å². The van der Waals surface area contributed by atoms with Crippen LogP contribution in [0.4, 0.5) is 0 Å². The minimum atomic E-state index is -0.720. The van der Waals surface area contributed by atoms with Gasteiger partial charge in [-0.1, -0.05) is 13.0 Å². The molecule has 106 valence electrons. The second-order valence-electron chi connectivity index (χ2n) is 4.55. The molecule has 0 heterocycles. The van der Waals surface area contributed by atoms with Crippen molar-refractivity contribution in [1.29, 1.82) is 0 Å². The monoisotopic (exact) mass is 282 g/mol. The summed E-state index contributed by atoms with van der Waals surface area (Å²) in [6.07, 6.45) is 1.53. The molecule has 0 aromatic heterocycles. The molecule has 1 unspecified atom stereocenters. The van der Waals surface area contributed by atoms with Crippen molar-refractivity contribution < 1.29 is 14.6 Å². The summed E-state index contributed by atoms with van der Waals surface area (Å²) in [6.45, 7) is 6.67. The van der Waals surface area contributed by atoms with Gasteiger partial charge in [-0.05, 0) is 55.7 Å². The molecule has 0 amide bonds. The summed E-state index contributed by atoms with van der Waals surface area (Å²) in [5, 5.41) is 8.62. The maximum absolute atomic E-state index is 10.8. The largest absolute Gasteiger partial charge is 0.494 e. The van der Waals surface area contributed by atoms with Gasteiger partial charge in [0.15, 0.2) is 0 Å². The smallest absolute Gasteiger partial charge is 0.316 e. The first kappa shape index (κ1) is 15.9. The van der Waals surface area contributed by atoms with E-state index in [9.17, 15) is 4.79 Å². The molecule has 3 nitrogen and oxygen atoms in total. The summed E-state index contributed by atoms with van der Waals surface area (Å²) < 4.78 is 5.66. The Bertz CT molecular complexity index is 418. The number of aliphatic carboxylic acids is 1. The van der Waals surface area contributed by atoms with Crippen molar-refractivity contribution in [3.8, 4) is 5.75 Å². The summed E-state index contributed by atoms with van der Waals surface area (Å²) in [7, 11) is 0. The van der Waals surface area contributed by atoms with Gasteiger partial charge >= 0.3 is 5.97 Å². The fraction of sp³-hybridized carbons (Fsp3) is 0.533. The Morgan fingerprint density at radius 3 is 2.68 bits per heavy atom. The van der Waals surface area contributed by atoms with E-state index in [-0.39, 0.29) is 5.25 Å². The van der Waals surface area contributed by atoms with Crippen LogP contribution < -0.4 is 4.74 Å².